The van der Waals surface area contributed by atoms with Gasteiger partial charge in [0.25, 0.3) is 0 Å². The molecule has 7 nitrogen and oxygen atoms in total. The van der Waals surface area contributed by atoms with E-state index in [0.717, 1.165) is 48.8 Å². The summed E-state index contributed by atoms with van der Waals surface area (Å²) in [5.74, 6) is -0.459. The van der Waals surface area contributed by atoms with E-state index in [1.54, 1.807) is 25.7 Å². The second kappa shape index (κ2) is 11.3. The number of ether oxygens (including phenoxy) is 1. The molecule has 0 saturated heterocycles. The third kappa shape index (κ3) is 7.24. The minimum Gasteiger partial charge on any atom is -0.444 e. The third-order valence-electron chi connectivity index (χ3n) is 5.61. The predicted molar refractivity (Wildman–Crippen MR) is 125 cm³/mol. The van der Waals surface area contributed by atoms with Gasteiger partial charge in [0.15, 0.2) is 0 Å². The maximum absolute atomic E-state index is 13.4. The topological polar surface area (TPSA) is 87.7 Å². The normalized spacial score (nSPS) is 14.8. The van der Waals surface area contributed by atoms with Crippen LogP contribution in [0.2, 0.25) is 0 Å². The van der Waals surface area contributed by atoms with Gasteiger partial charge in [0.2, 0.25) is 11.8 Å². The maximum Gasteiger partial charge on any atom is 0.408 e. The molecule has 32 heavy (non-hydrogen) atoms. The van der Waals surface area contributed by atoms with Crippen LogP contribution >= 0.6 is 0 Å². The summed E-state index contributed by atoms with van der Waals surface area (Å²) in [4.78, 5) is 40.5. The Balaban J connectivity index is 2.30. The number of carbonyl (C=O) groups excluding carboxylic acids is 3. The number of carbonyl (C=O) groups is 3. The second-order valence-electron chi connectivity index (χ2n) is 9.65. The van der Waals surface area contributed by atoms with Crippen molar-refractivity contribution in [2.75, 3.05) is 13.1 Å². The molecule has 1 aliphatic rings. The molecule has 0 spiro atoms. The van der Waals surface area contributed by atoms with E-state index in [1.165, 1.54) is 0 Å². The molecule has 7 heteroatoms. The molecule has 1 aliphatic carbocycles. The van der Waals surface area contributed by atoms with Gasteiger partial charge in [0.05, 0.1) is 0 Å². The molecule has 0 aliphatic heterocycles. The van der Waals surface area contributed by atoms with Crippen molar-refractivity contribution in [3.63, 3.8) is 0 Å². The predicted octanol–water partition coefficient (Wildman–Crippen LogP) is 4.17. The van der Waals surface area contributed by atoms with Crippen LogP contribution in [0.3, 0.4) is 0 Å². The van der Waals surface area contributed by atoms with Gasteiger partial charge in [-0.15, -0.1) is 0 Å². The molecule has 2 N–H and O–H groups in total. The highest BCUT2D eigenvalue weighted by atomic mass is 16.6. The van der Waals surface area contributed by atoms with Gasteiger partial charge in [-0.05, 0) is 71.4 Å². The van der Waals surface area contributed by atoms with Gasteiger partial charge in [0.1, 0.15) is 18.2 Å². The molecular formula is C25H39N3O4. The number of unbranched alkanes of at least 4 members (excludes halogenated alkanes) is 1. The number of hydrogen-bond donors (Lipinski definition) is 2. The van der Waals surface area contributed by atoms with Gasteiger partial charge in [-0.25, -0.2) is 4.79 Å². The highest BCUT2D eigenvalue weighted by Gasteiger charge is 2.39. The molecule has 0 heterocycles. The Kier molecular flexibility index (Phi) is 9.10. The van der Waals surface area contributed by atoms with Crippen LogP contribution in [0.5, 0.6) is 0 Å². The van der Waals surface area contributed by atoms with Gasteiger partial charge in [-0.2, -0.15) is 0 Å². The van der Waals surface area contributed by atoms with Crippen LogP contribution in [0.1, 0.15) is 82.5 Å². The van der Waals surface area contributed by atoms with Gasteiger partial charge in [-0.3, -0.25) is 9.59 Å². The van der Waals surface area contributed by atoms with E-state index in [4.69, 9.17) is 4.74 Å². The van der Waals surface area contributed by atoms with Crippen molar-refractivity contribution in [3.05, 3.63) is 34.9 Å². The highest BCUT2D eigenvalue weighted by molar-refractivity contribution is 5.91. The number of amides is 3. The first-order valence-electron chi connectivity index (χ1n) is 11.7. The van der Waals surface area contributed by atoms with Crippen molar-refractivity contribution in [1.82, 2.24) is 15.5 Å². The third-order valence-corrected chi connectivity index (χ3v) is 5.61. The van der Waals surface area contributed by atoms with Gasteiger partial charge in [0, 0.05) is 12.6 Å². The summed E-state index contributed by atoms with van der Waals surface area (Å²) in [6, 6.07) is 5.19. The average molecular weight is 446 g/mol. The van der Waals surface area contributed by atoms with Crippen molar-refractivity contribution in [3.8, 4) is 0 Å². The Morgan fingerprint density at radius 1 is 1.16 bits per heavy atom. The molecule has 1 fully saturated rings. The molecule has 1 atom stereocenters. The summed E-state index contributed by atoms with van der Waals surface area (Å²) in [5.41, 5.74) is 2.24. The summed E-state index contributed by atoms with van der Waals surface area (Å²) in [6.45, 7) is 11.7. The molecule has 1 saturated carbocycles. The fourth-order valence-corrected chi connectivity index (χ4v) is 3.81. The van der Waals surface area contributed by atoms with Crippen molar-refractivity contribution in [2.45, 2.75) is 91.3 Å². The van der Waals surface area contributed by atoms with Crippen LogP contribution in [-0.4, -0.2) is 47.5 Å². The Bertz CT molecular complexity index is 812. The lowest BCUT2D eigenvalue weighted by atomic mass is 9.87. The van der Waals surface area contributed by atoms with Crippen LogP contribution in [0.15, 0.2) is 18.2 Å². The Morgan fingerprint density at radius 2 is 1.84 bits per heavy atom. The quantitative estimate of drug-likeness (QED) is 0.559. The lowest BCUT2D eigenvalue weighted by Crippen LogP contribution is -2.54. The molecule has 1 unspecified atom stereocenters. The zero-order valence-electron chi connectivity index (χ0n) is 20.4. The minimum absolute atomic E-state index is 0.0226. The number of alkyl carbamates (subject to hydrolysis) is 1. The van der Waals surface area contributed by atoms with E-state index >= 15 is 0 Å². The Labute approximate surface area is 192 Å². The summed E-state index contributed by atoms with van der Waals surface area (Å²) in [6.07, 6.45) is 3.92. The number of hydrogen-bond acceptors (Lipinski definition) is 4. The fraction of sp³-hybridized carbons (Fsp3) is 0.640. The summed E-state index contributed by atoms with van der Waals surface area (Å²) in [7, 11) is 0. The van der Waals surface area contributed by atoms with E-state index in [0.29, 0.717) is 6.54 Å². The zero-order valence-corrected chi connectivity index (χ0v) is 20.4. The van der Waals surface area contributed by atoms with Crippen LogP contribution in [-0.2, 0) is 14.3 Å². The SMILES string of the molecule is CCCCNC(=O)C(c1ccc(C)cc1C)N(C(=O)CNC(=O)OC(C)(C)C)C1CCC1. The van der Waals surface area contributed by atoms with Crippen molar-refractivity contribution >= 4 is 17.9 Å². The molecule has 0 bridgehead atoms. The molecule has 3 amide bonds. The molecule has 1 aromatic carbocycles. The largest absolute Gasteiger partial charge is 0.444 e. The minimum atomic E-state index is -0.731. The summed E-state index contributed by atoms with van der Waals surface area (Å²) >= 11 is 0. The number of nitrogens with zero attached hydrogens (tertiary/aromatic N) is 1. The van der Waals surface area contributed by atoms with Crippen molar-refractivity contribution in [1.29, 1.82) is 0 Å². The molecule has 2 rings (SSSR count). The monoisotopic (exact) mass is 445 g/mol. The first kappa shape index (κ1) is 25.7. The number of aryl methyl sites for hydroxylation is 2. The smallest absolute Gasteiger partial charge is 0.408 e. The van der Waals surface area contributed by atoms with Crippen molar-refractivity contribution in [2.24, 2.45) is 0 Å². The Hall–Kier alpha value is -2.57. The van der Waals surface area contributed by atoms with Crippen molar-refractivity contribution < 1.29 is 19.1 Å². The second-order valence-corrected chi connectivity index (χ2v) is 9.65. The molecule has 0 aromatic heterocycles. The zero-order chi connectivity index (χ0) is 23.9. The van der Waals surface area contributed by atoms with Gasteiger partial charge in [-0.1, -0.05) is 37.1 Å². The van der Waals surface area contributed by atoms with Gasteiger partial charge < -0.3 is 20.3 Å². The average Bonchev–Trinajstić information content (AvgIpc) is 2.64. The van der Waals surface area contributed by atoms with E-state index in [-0.39, 0.29) is 24.4 Å². The first-order chi connectivity index (χ1) is 15.0. The van der Waals surface area contributed by atoms with E-state index in [1.807, 2.05) is 32.0 Å². The molecule has 1 aromatic rings. The highest BCUT2D eigenvalue weighted by Crippen LogP contribution is 2.34. The standard InChI is InChI=1S/C25H39N3O4/c1-7-8-14-26-23(30)22(20-13-12-17(2)15-18(20)3)28(19-10-9-11-19)21(29)16-27-24(31)32-25(4,5)6/h12-13,15,19,22H,7-11,14,16H2,1-6H3,(H,26,30)(H,27,31). The van der Waals surface area contributed by atoms with Crippen LogP contribution in [0.25, 0.3) is 0 Å². The molecule has 0 radical (unpaired) electrons. The lowest BCUT2D eigenvalue weighted by molar-refractivity contribution is -0.145. The summed E-state index contributed by atoms with van der Waals surface area (Å²) < 4.78 is 5.26. The Morgan fingerprint density at radius 3 is 2.38 bits per heavy atom. The van der Waals surface area contributed by atoms with E-state index in [2.05, 4.69) is 17.6 Å². The molecular weight excluding hydrogens is 406 g/mol. The first-order valence-corrected chi connectivity index (χ1v) is 11.7. The fourth-order valence-electron chi connectivity index (χ4n) is 3.81. The van der Waals surface area contributed by atoms with E-state index in [9.17, 15) is 14.4 Å². The van der Waals surface area contributed by atoms with Crippen LogP contribution in [0.4, 0.5) is 4.79 Å². The van der Waals surface area contributed by atoms with Gasteiger partial charge >= 0.3 is 6.09 Å². The number of rotatable bonds is 9. The maximum atomic E-state index is 13.4. The van der Waals surface area contributed by atoms with E-state index < -0.39 is 17.7 Å². The van der Waals surface area contributed by atoms with Crippen LogP contribution < -0.4 is 10.6 Å². The molecule has 178 valence electrons. The van der Waals surface area contributed by atoms with Crippen LogP contribution in [0, 0.1) is 13.8 Å². The lowest BCUT2D eigenvalue weighted by Gasteiger charge is -2.42. The number of benzene rings is 1. The number of nitrogens with one attached hydrogen (secondary N) is 2. The summed E-state index contributed by atoms with van der Waals surface area (Å²) in [5, 5.41) is 5.57.